The van der Waals surface area contributed by atoms with E-state index < -0.39 is 11.8 Å². The number of ether oxygens (including phenoxy) is 1. The molecule has 0 atom stereocenters. The van der Waals surface area contributed by atoms with Gasteiger partial charge in [-0.3, -0.25) is 25.2 Å². The van der Waals surface area contributed by atoms with Crippen molar-refractivity contribution in [3.8, 4) is 5.75 Å². The lowest BCUT2D eigenvalue weighted by molar-refractivity contribution is -0.126. The SMILES string of the molecule is CCOc1ccc(C(=O)NNC(=O)CNC(=O)CCC(C)C)cc1. The Balaban J connectivity index is 2.30. The highest BCUT2D eigenvalue weighted by Gasteiger charge is 2.09. The summed E-state index contributed by atoms with van der Waals surface area (Å²) >= 11 is 0. The van der Waals surface area contributed by atoms with Crippen LogP contribution in [0.4, 0.5) is 0 Å². The number of benzene rings is 1. The summed E-state index contributed by atoms with van der Waals surface area (Å²) in [6.07, 6.45) is 1.14. The number of rotatable bonds is 8. The van der Waals surface area contributed by atoms with Gasteiger partial charge in [-0.1, -0.05) is 13.8 Å². The van der Waals surface area contributed by atoms with Crippen LogP contribution in [-0.4, -0.2) is 30.9 Å². The predicted octanol–water partition coefficient (Wildman–Crippen LogP) is 1.40. The molecule has 0 fully saturated rings. The van der Waals surface area contributed by atoms with Crippen molar-refractivity contribution in [1.29, 1.82) is 0 Å². The average Bonchev–Trinajstić information content (AvgIpc) is 2.56. The van der Waals surface area contributed by atoms with Crippen LogP contribution in [0, 0.1) is 5.92 Å². The Labute approximate surface area is 142 Å². The van der Waals surface area contributed by atoms with Gasteiger partial charge in [-0.15, -0.1) is 0 Å². The molecule has 0 aliphatic carbocycles. The minimum absolute atomic E-state index is 0.180. The highest BCUT2D eigenvalue weighted by atomic mass is 16.5. The van der Waals surface area contributed by atoms with Crippen molar-refractivity contribution in [1.82, 2.24) is 16.2 Å². The van der Waals surface area contributed by atoms with Crippen molar-refractivity contribution in [3.05, 3.63) is 29.8 Å². The van der Waals surface area contributed by atoms with Crippen LogP contribution in [0.3, 0.4) is 0 Å². The van der Waals surface area contributed by atoms with Gasteiger partial charge in [0.2, 0.25) is 5.91 Å². The van der Waals surface area contributed by atoms with Crippen molar-refractivity contribution in [2.45, 2.75) is 33.6 Å². The second kappa shape index (κ2) is 10.3. The predicted molar refractivity (Wildman–Crippen MR) is 90.3 cm³/mol. The first-order chi connectivity index (χ1) is 11.4. The number of hydrogen-bond donors (Lipinski definition) is 3. The quantitative estimate of drug-likeness (QED) is 0.626. The molecule has 0 spiro atoms. The smallest absolute Gasteiger partial charge is 0.269 e. The van der Waals surface area contributed by atoms with Gasteiger partial charge in [-0.2, -0.15) is 0 Å². The average molecular weight is 335 g/mol. The van der Waals surface area contributed by atoms with Gasteiger partial charge in [-0.05, 0) is 43.5 Å². The Morgan fingerprint density at radius 3 is 2.29 bits per heavy atom. The lowest BCUT2D eigenvalue weighted by atomic mass is 10.1. The van der Waals surface area contributed by atoms with Crippen LogP contribution in [0.1, 0.15) is 44.0 Å². The van der Waals surface area contributed by atoms with Gasteiger partial charge >= 0.3 is 0 Å². The highest BCUT2D eigenvalue weighted by molar-refractivity contribution is 5.95. The van der Waals surface area contributed by atoms with E-state index in [9.17, 15) is 14.4 Å². The van der Waals surface area contributed by atoms with Gasteiger partial charge in [-0.25, -0.2) is 0 Å². The van der Waals surface area contributed by atoms with E-state index in [4.69, 9.17) is 4.74 Å². The molecule has 0 saturated carbocycles. The van der Waals surface area contributed by atoms with Gasteiger partial charge < -0.3 is 10.1 Å². The van der Waals surface area contributed by atoms with E-state index in [1.165, 1.54) is 0 Å². The van der Waals surface area contributed by atoms with E-state index in [2.05, 4.69) is 16.2 Å². The maximum absolute atomic E-state index is 11.9. The first-order valence-electron chi connectivity index (χ1n) is 8.01. The molecule has 1 aromatic carbocycles. The number of carbonyl (C=O) groups is 3. The van der Waals surface area contributed by atoms with Crippen molar-refractivity contribution >= 4 is 17.7 Å². The van der Waals surface area contributed by atoms with Gasteiger partial charge in [0.1, 0.15) is 5.75 Å². The van der Waals surface area contributed by atoms with E-state index in [1.54, 1.807) is 24.3 Å². The summed E-state index contributed by atoms with van der Waals surface area (Å²) in [6, 6.07) is 6.55. The summed E-state index contributed by atoms with van der Waals surface area (Å²) in [5, 5.41) is 2.50. The molecule has 3 amide bonds. The van der Waals surface area contributed by atoms with E-state index in [0.29, 0.717) is 30.3 Å². The normalized spacial score (nSPS) is 10.2. The molecule has 0 aromatic heterocycles. The first kappa shape index (κ1) is 19.5. The third-order valence-electron chi connectivity index (χ3n) is 3.14. The fraction of sp³-hybridized carbons (Fsp3) is 0.471. The van der Waals surface area contributed by atoms with Gasteiger partial charge in [0.05, 0.1) is 13.2 Å². The molecule has 132 valence electrons. The van der Waals surface area contributed by atoms with Crippen molar-refractivity contribution in [2.24, 2.45) is 5.92 Å². The van der Waals surface area contributed by atoms with E-state index in [1.807, 2.05) is 20.8 Å². The highest BCUT2D eigenvalue weighted by Crippen LogP contribution is 2.11. The fourth-order valence-corrected chi connectivity index (χ4v) is 1.80. The number of carbonyl (C=O) groups excluding carboxylic acids is 3. The molecule has 0 aliphatic rings. The summed E-state index contributed by atoms with van der Waals surface area (Å²) in [5.74, 6) is -0.0263. The lowest BCUT2D eigenvalue weighted by Crippen LogP contribution is -2.46. The largest absolute Gasteiger partial charge is 0.494 e. The van der Waals surface area contributed by atoms with Crippen LogP contribution >= 0.6 is 0 Å². The summed E-state index contributed by atoms with van der Waals surface area (Å²) in [7, 11) is 0. The van der Waals surface area contributed by atoms with Crippen molar-refractivity contribution in [2.75, 3.05) is 13.2 Å². The Bertz CT molecular complexity index is 555. The van der Waals surface area contributed by atoms with Crippen molar-refractivity contribution in [3.63, 3.8) is 0 Å². The second-order valence-corrected chi connectivity index (χ2v) is 5.67. The molecular formula is C17H25N3O4. The molecule has 0 heterocycles. The minimum atomic E-state index is -0.493. The molecule has 1 rings (SSSR count). The third-order valence-corrected chi connectivity index (χ3v) is 3.14. The maximum atomic E-state index is 11.9. The molecule has 0 unspecified atom stereocenters. The topological polar surface area (TPSA) is 96.5 Å². The Morgan fingerprint density at radius 1 is 1.04 bits per heavy atom. The van der Waals surface area contributed by atoms with Crippen LogP contribution in [0.2, 0.25) is 0 Å². The van der Waals surface area contributed by atoms with Gasteiger partial charge in [0.15, 0.2) is 0 Å². The van der Waals surface area contributed by atoms with E-state index in [-0.39, 0.29) is 12.5 Å². The Hall–Kier alpha value is -2.57. The molecule has 3 N–H and O–H groups in total. The van der Waals surface area contributed by atoms with Crippen LogP contribution < -0.4 is 20.9 Å². The number of hydrogen-bond acceptors (Lipinski definition) is 4. The monoisotopic (exact) mass is 335 g/mol. The van der Waals surface area contributed by atoms with Crippen LogP contribution in [0.5, 0.6) is 5.75 Å². The molecule has 0 saturated heterocycles. The van der Waals surface area contributed by atoms with Gasteiger partial charge in [0, 0.05) is 12.0 Å². The molecule has 0 bridgehead atoms. The zero-order valence-electron chi connectivity index (χ0n) is 14.3. The minimum Gasteiger partial charge on any atom is -0.494 e. The fourth-order valence-electron chi connectivity index (χ4n) is 1.80. The van der Waals surface area contributed by atoms with Gasteiger partial charge in [0.25, 0.3) is 11.8 Å². The second-order valence-electron chi connectivity index (χ2n) is 5.67. The van der Waals surface area contributed by atoms with Crippen LogP contribution in [0.25, 0.3) is 0 Å². The standard InChI is InChI=1S/C17H25N3O4/c1-4-24-14-8-6-13(7-9-14)17(23)20-19-16(22)11-18-15(21)10-5-12(2)3/h6-9,12H,4-5,10-11H2,1-3H3,(H,18,21)(H,19,22)(H,20,23). The van der Waals surface area contributed by atoms with E-state index in [0.717, 1.165) is 6.42 Å². The maximum Gasteiger partial charge on any atom is 0.269 e. The summed E-state index contributed by atoms with van der Waals surface area (Å²) in [6.45, 7) is 6.29. The Kier molecular flexibility index (Phi) is 8.32. The van der Waals surface area contributed by atoms with Crippen LogP contribution in [-0.2, 0) is 9.59 Å². The molecule has 7 nitrogen and oxygen atoms in total. The molecular weight excluding hydrogens is 310 g/mol. The molecule has 0 radical (unpaired) electrons. The lowest BCUT2D eigenvalue weighted by Gasteiger charge is -2.09. The molecule has 7 heteroatoms. The summed E-state index contributed by atoms with van der Waals surface area (Å²) < 4.78 is 5.29. The Morgan fingerprint density at radius 2 is 1.71 bits per heavy atom. The first-order valence-corrected chi connectivity index (χ1v) is 8.01. The third kappa shape index (κ3) is 7.62. The van der Waals surface area contributed by atoms with Crippen molar-refractivity contribution < 1.29 is 19.1 Å². The van der Waals surface area contributed by atoms with Crippen LogP contribution in [0.15, 0.2) is 24.3 Å². The number of amides is 3. The number of hydrazine groups is 1. The molecule has 1 aromatic rings. The zero-order valence-corrected chi connectivity index (χ0v) is 14.3. The summed E-state index contributed by atoms with van der Waals surface area (Å²) in [4.78, 5) is 35.0. The molecule has 24 heavy (non-hydrogen) atoms. The number of nitrogens with one attached hydrogen (secondary N) is 3. The van der Waals surface area contributed by atoms with E-state index >= 15 is 0 Å². The molecule has 0 aliphatic heterocycles. The summed E-state index contributed by atoms with van der Waals surface area (Å²) in [5.41, 5.74) is 4.94. The zero-order chi connectivity index (χ0) is 17.9.